The molecule has 0 aliphatic carbocycles. The number of fused-ring (bicyclic) bond motifs is 2. The van der Waals surface area contributed by atoms with Gasteiger partial charge < -0.3 is 0 Å². The molecule has 16 heavy (non-hydrogen) atoms. The minimum Gasteiger partial charge on any atom is -0.286 e. The molecule has 2 heterocycles. The highest BCUT2D eigenvalue weighted by molar-refractivity contribution is 5.18. The van der Waals surface area contributed by atoms with Crippen LogP contribution in [0.2, 0.25) is 0 Å². The second kappa shape index (κ2) is 4.42. The Morgan fingerprint density at radius 1 is 0.938 bits per heavy atom. The third-order valence-corrected chi connectivity index (χ3v) is 3.87. The number of rotatable bonds is 2. The lowest BCUT2D eigenvalue weighted by Crippen LogP contribution is -2.34. The minimum absolute atomic E-state index is 0.702. The minimum atomic E-state index is 0.702. The molecule has 1 nitrogen and oxygen atoms in total. The maximum Gasteiger partial charge on any atom is 0.0288 e. The number of nitrogens with zero attached hydrogens (tertiary/aromatic N) is 1. The van der Waals surface area contributed by atoms with Crippen LogP contribution in [0.3, 0.4) is 0 Å². The van der Waals surface area contributed by atoms with Crippen LogP contribution in [0.5, 0.6) is 0 Å². The Bertz CT molecular complexity index is 352. The van der Waals surface area contributed by atoms with Gasteiger partial charge in [-0.3, -0.25) is 4.90 Å². The van der Waals surface area contributed by atoms with Crippen LogP contribution in [-0.4, -0.2) is 17.0 Å². The van der Waals surface area contributed by atoms with Crippen LogP contribution in [0.4, 0.5) is 0 Å². The zero-order chi connectivity index (χ0) is 10.8. The van der Waals surface area contributed by atoms with E-state index >= 15 is 0 Å². The quantitative estimate of drug-likeness (QED) is 0.681. The Morgan fingerprint density at radius 2 is 1.56 bits per heavy atom. The van der Waals surface area contributed by atoms with Crippen LogP contribution in [0.25, 0.3) is 0 Å². The zero-order valence-corrected chi connectivity index (χ0v) is 9.68. The van der Waals surface area contributed by atoms with Crippen molar-refractivity contribution >= 4 is 0 Å². The second-order valence-electron chi connectivity index (χ2n) is 4.96. The molecule has 0 amide bonds. The molecule has 3 rings (SSSR count). The van der Waals surface area contributed by atoms with E-state index in [1.807, 2.05) is 0 Å². The fourth-order valence-corrected chi connectivity index (χ4v) is 2.98. The van der Waals surface area contributed by atoms with Gasteiger partial charge in [0, 0.05) is 18.6 Å². The molecule has 0 N–H and O–H groups in total. The van der Waals surface area contributed by atoms with Gasteiger partial charge in [0.05, 0.1) is 0 Å². The Hall–Kier alpha value is -1.08. The van der Waals surface area contributed by atoms with Crippen molar-refractivity contribution in [1.82, 2.24) is 4.90 Å². The summed E-state index contributed by atoms with van der Waals surface area (Å²) in [6.07, 6.45) is 10.3. The van der Waals surface area contributed by atoms with Crippen molar-refractivity contribution < 1.29 is 0 Å². The smallest absolute Gasteiger partial charge is 0.0288 e. The molecule has 1 heteroatoms. The molecule has 1 fully saturated rings. The van der Waals surface area contributed by atoms with Crippen molar-refractivity contribution in [3.05, 3.63) is 48.0 Å². The van der Waals surface area contributed by atoms with Crippen molar-refractivity contribution in [2.24, 2.45) is 0 Å². The van der Waals surface area contributed by atoms with Gasteiger partial charge in [-0.1, -0.05) is 55.3 Å². The van der Waals surface area contributed by atoms with Crippen molar-refractivity contribution in [3.8, 4) is 0 Å². The molecule has 0 spiro atoms. The van der Waals surface area contributed by atoms with Gasteiger partial charge in [-0.2, -0.15) is 0 Å². The van der Waals surface area contributed by atoms with Gasteiger partial charge in [-0.25, -0.2) is 0 Å². The van der Waals surface area contributed by atoms with Crippen molar-refractivity contribution in [2.45, 2.75) is 44.3 Å². The molecule has 84 valence electrons. The Balaban J connectivity index is 1.76. The average molecular weight is 213 g/mol. The van der Waals surface area contributed by atoms with Gasteiger partial charge in [-0.05, 0) is 18.4 Å². The molecule has 0 saturated carbocycles. The van der Waals surface area contributed by atoms with E-state index in [0.29, 0.717) is 12.1 Å². The first-order valence-corrected chi connectivity index (χ1v) is 6.41. The van der Waals surface area contributed by atoms with Gasteiger partial charge in [0.1, 0.15) is 0 Å². The second-order valence-corrected chi connectivity index (χ2v) is 4.96. The van der Waals surface area contributed by atoms with Gasteiger partial charge in [0.25, 0.3) is 0 Å². The summed E-state index contributed by atoms with van der Waals surface area (Å²) in [4.78, 5) is 2.67. The lowest BCUT2D eigenvalue weighted by molar-refractivity contribution is 0.201. The van der Waals surface area contributed by atoms with Crippen molar-refractivity contribution in [2.75, 3.05) is 0 Å². The van der Waals surface area contributed by atoms with E-state index in [9.17, 15) is 0 Å². The first kappa shape index (κ1) is 10.1. The van der Waals surface area contributed by atoms with E-state index in [1.165, 1.54) is 31.2 Å². The number of benzene rings is 1. The highest BCUT2D eigenvalue weighted by Gasteiger charge is 2.29. The summed E-state index contributed by atoms with van der Waals surface area (Å²) in [5, 5.41) is 0. The molecule has 2 aliphatic rings. The number of hydrogen-bond donors (Lipinski definition) is 0. The van der Waals surface area contributed by atoms with Crippen LogP contribution in [0, 0.1) is 0 Å². The largest absolute Gasteiger partial charge is 0.286 e. The molecule has 2 bridgehead atoms. The maximum absolute atomic E-state index is 2.67. The zero-order valence-electron chi connectivity index (χ0n) is 9.68. The van der Waals surface area contributed by atoms with Crippen LogP contribution in [-0.2, 0) is 6.54 Å². The summed E-state index contributed by atoms with van der Waals surface area (Å²) in [6, 6.07) is 12.3. The summed E-state index contributed by atoms with van der Waals surface area (Å²) < 4.78 is 0. The normalized spacial score (nSPS) is 29.2. The lowest BCUT2D eigenvalue weighted by Gasteiger charge is -2.28. The molecule has 1 saturated heterocycles. The van der Waals surface area contributed by atoms with Crippen LogP contribution >= 0.6 is 0 Å². The summed E-state index contributed by atoms with van der Waals surface area (Å²) in [7, 11) is 0. The summed E-state index contributed by atoms with van der Waals surface area (Å²) in [5.41, 5.74) is 1.45. The van der Waals surface area contributed by atoms with E-state index in [0.717, 1.165) is 6.54 Å². The summed E-state index contributed by atoms with van der Waals surface area (Å²) in [5.74, 6) is 0. The average Bonchev–Trinajstić information content (AvgIpc) is 2.54. The molecule has 0 aromatic heterocycles. The lowest BCUT2D eigenvalue weighted by atomic mass is 10.1. The van der Waals surface area contributed by atoms with Crippen molar-refractivity contribution in [1.29, 1.82) is 0 Å². The first-order valence-electron chi connectivity index (χ1n) is 6.41. The van der Waals surface area contributed by atoms with Crippen LogP contribution in [0.15, 0.2) is 42.5 Å². The molecule has 2 atom stereocenters. The molecule has 0 radical (unpaired) electrons. The Kier molecular flexibility index (Phi) is 2.79. The van der Waals surface area contributed by atoms with Gasteiger partial charge >= 0.3 is 0 Å². The Morgan fingerprint density at radius 3 is 2.19 bits per heavy atom. The van der Waals surface area contributed by atoms with Gasteiger partial charge in [0.15, 0.2) is 0 Å². The molecular formula is C15H19N. The topological polar surface area (TPSA) is 3.24 Å². The van der Waals surface area contributed by atoms with E-state index < -0.39 is 0 Å². The highest BCUT2D eigenvalue weighted by Crippen LogP contribution is 2.30. The molecular weight excluding hydrogens is 194 g/mol. The molecule has 1 aromatic rings. The molecule has 2 aliphatic heterocycles. The fourth-order valence-electron chi connectivity index (χ4n) is 2.98. The fraction of sp³-hybridized carbons (Fsp3) is 0.467. The molecule has 2 unspecified atom stereocenters. The SMILES string of the molecule is C1=CC2CCCCC1N2Cc1ccccc1. The monoisotopic (exact) mass is 213 g/mol. The van der Waals surface area contributed by atoms with Gasteiger partial charge in [-0.15, -0.1) is 0 Å². The number of hydrogen-bond acceptors (Lipinski definition) is 1. The summed E-state index contributed by atoms with van der Waals surface area (Å²) >= 11 is 0. The van der Waals surface area contributed by atoms with E-state index in [-0.39, 0.29) is 0 Å². The predicted molar refractivity (Wildman–Crippen MR) is 67.2 cm³/mol. The van der Waals surface area contributed by atoms with Crippen molar-refractivity contribution in [3.63, 3.8) is 0 Å². The van der Waals surface area contributed by atoms with E-state index in [1.54, 1.807) is 0 Å². The third kappa shape index (κ3) is 1.92. The Labute approximate surface area is 97.8 Å². The molecule has 1 aromatic carbocycles. The first-order chi connectivity index (χ1) is 7.93. The predicted octanol–water partition coefficient (Wildman–Crippen LogP) is 3.37. The summed E-state index contributed by atoms with van der Waals surface area (Å²) in [6.45, 7) is 1.11. The highest BCUT2D eigenvalue weighted by atomic mass is 15.2. The standard InChI is InChI=1S/C15H19N/c1-2-6-13(7-3-1)12-16-14-8-4-5-9-15(16)11-10-14/h1-3,6-7,10-11,14-15H,4-5,8-9,12H2. The van der Waals surface area contributed by atoms with Gasteiger partial charge in [0.2, 0.25) is 0 Å². The van der Waals surface area contributed by atoms with Crippen LogP contribution in [0.1, 0.15) is 31.2 Å². The maximum atomic E-state index is 2.67. The van der Waals surface area contributed by atoms with Crippen LogP contribution < -0.4 is 0 Å². The van der Waals surface area contributed by atoms with E-state index in [4.69, 9.17) is 0 Å². The third-order valence-electron chi connectivity index (χ3n) is 3.87. The van der Waals surface area contributed by atoms with E-state index in [2.05, 4.69) is 47.4 Å².